The van der Waals surface area contributed by atoms with Gasteiger partial charge in [-0.1, -0.05) is 60.4 Å². The van der Waals surface area contributed by atoms with Gasteiger partial charge in [-0.15, -0.1) is 0 Å². The van der Waals surface area contributed by atoms with E-state index in [4.69, 9.17) is 4.74 Å². The molecule has 1 heterocycles. The molecule has 4 rings (SSSR count). The largest absolute Gasteiger partial charge is 0.449 e. The molecule has 1 aromatic heterocycles. The van der Waals surface area contributed by atoms with Crippen molar-refractivity contribution in [3.8, 4) is 23.0 Å². The highest BCUT2D eigenvalue weighted by Crippen LogP contribution is 2.44. The molecule has 2 aromatic carbocycles. The highest BCUT2D eigenvalue weighted by molar-refractivity contribution is 5.79. The van der Waals surface area contributed by atoms with Crippen LogP contribution in [0, 0.1) is 23.7 Å². The first-order chi connectivity index (χ1) is 14.6. The quantitative estimate of drug-likeness (QED) is 0.392. The van der Waals surface area contributed by atoms with E-state index in [-0.39, 0.29) is 24.6 Å². The summed E-state index contributed by atoms with van der Waals surface area (Å²) in [5, 5.41) is 2.64. The number of carbonyl (C=O) groups is 1. The molecular formula is C24H18F2N2O2. The minimum atomic E-state index is -0.920. The standard InChI is InChI=1S/C24H18F2N2O2/c25-22-13-16(14-23(26)28-22)7-5-6-12-27-24(29)30-15-21-19-10-3-1-8-17(19)18-9-2-4-11-20(18)21/h1-4,8-11,13-14,21H,6,12,15H2,(H,27,29). The summed E-state index contributed by atoms with van der Waals surface area (Å²) in [7, 11) is 0. The first kappa shape index (κ1) is 19.6. The van der Waals surface area contributed by atoms with Crippen molar-refractivity contribution in [3.63, 3.8) is 0 Å². The number of nitrogens with one attached hydrogen (secondary N) is 1. The number of rotatable bonds is 4. The number of benzene rings is 2. The molecule has 1 aliphatic carbocycles. The number of nitrogens with zero attached hydrogens (tertiary/aromatic N) is 1. The molecule has 1 amide bonds. The van der Waals surface area contributed by atoms with Crippen LogP contribution in [-0.4, -0.2) is 24.2 Å². The lowest BCUT2D eigenvalue weighted by atomic mass is 9.98. The maximum atomic E-state index is 13.0. The molecule has 0 fully saturated rings. The molecule has 4 nitrogen and oxygen atoms in total. The molecule has 3 aromatic rings. The summed E-state index contributed by atoms with van der Waals surface area (Å²) in [6, 6.07) is 18.3. The zero-order valence-corrected chi connectivity index (χ0v) is 16.0. The number of carbonyl (C=O) groups excluding carboxylic acids is 1. The third-order valence-electron chi connectivity index (χ3n) is 4.86. The van der Waals surface area contributed by atoms with Crippen molar-refractivity contribution < 1.29 is 18.3 Å². The van der Waals surface area contributed by atoms with Gasteiger partial charge in [0, 0.05) is 36.6 Å². The Labute approximate surface area is 172 Å². The van der Waals surface area contributed by atoms with E-state index in [1.165, 1.54) is 11.1 Å². The number of pyridine rings is 1. The molecule has 150 valence electrons. The number of hydrogen-bond donors (Lipinski definition) is 1. The lowest BCUT2D eigenvalue weighted by molar-refractivity contribution is 0.143. The van der Waals surface area contributed by atoms with Gasteiger partial charge < -0.3 is 10.1 Å². The van der Waals surface area contributed by atoms with Crippen molar-refractivity contribution in [2.24, 2.45) is 0 Å². The fourth-order valence-corrected chi connectivity index (χ4v) is 3.58. The predicted molar refractivity (Wildman–Crippen MR) is 109 cm³/mol. The van der Waals surface area contributed by atoms with Gasteiger partial charge in [0.25, 0.3) is 0 Å². The predicted octanol–water partition coefficient (Wildman–Crippen LogP) is 4.64. The van der Waals surface area contributed by atoms with E-state index in [9.17, 15) is 13.6 Å². The number of alkyl carbamates (subject to hydrolysis) is 1. The summed E-state index contributed by atoms with van der Waals surface area (Å²) < 4.78 is 31.5. The molecule has 0 atom stereocenters. The molecule has 0 spiro atoms. The van der Waals surface area contributed by atoms with Crippen LogP contribution in [0.1, 0.15) is 29.0 Å². The number of aromatic nitrogens is 1. The number of halogens is 2. The van der Waals surface area contributed by atoms with Gasteiger partial charge in [0.05, 0.1) is 0 Å². The lowest BCUT2D eigenvalue weighted by Gasteiger charge is -2.14. The summed E-state index contributed by atoms with van der Waals surface area (Å²) in [6.07, 6.45) is -0.213. The minimum Gasteiger partial charge on any atom is -0.449 e. The number of fused-ring (bicyclic) bond motifs is 3. The van der Waals surface area contributed by atoms with Crippen molar-refractivity contribution in [1.82, 2.24) is 10.3 Å². The number of ether oxygens (including phenoxy) is 1. The maximum Gasteiger partial charge on any atom is 0.407 e. The zero-order chi connectivity index (χ0) is 20.9. The van der Waals surface area contributed by atoms with Gasteiger partial charge in [0.1, 0.15) is 6.61 Å². The van der Waals surface area contributed by atoms with Gasteiger partial charge in [-0.25, -0.2) is 4.79 Å². The Bertz CT molecular complexity index is 1090. The maximum absolute atomic E-state index is 13.0. The van der Waals surface area contributed by atoms with E-state index in [0.717, 1.165) is 23.3 Å². The van der Waals surface area contributed by atoms with Gasteiger partial charge in [-0.3, -0.25) is 0 Å². The highest BCUT2D eigenvalue weighted by atomic mass is 19.1. The average molecular weight is 404 g/mol. The molecule has 0 radical (unpaired) electrons. The van der Waals surface area contributed by atoms with Crippen LogP contribution in [-0.2, 0) is 4.74 Å². The smallest absolute Gasteiger partial charge is 0.407 e. The molecule has 1 N–H and O–H groups in total. The summed E-state index contributed by atoms with van der Waals surface area (Å²) in [6.45, 7) is 0.501. The van der Waals surface area contributed by atoms with E-state index in [0.29, 0.717) is 6.42 Å². The molecule has 30 heavy (non-hydrogen) atoms. The Morgan fingerprint density at radius 2 is 1.60 bits per heavy atom. The normalized spacial score (nSPS) is 11.8. The average Bonchev–Trinajstić information content (AvgIpc) is 3.05. The van der Waals surface area contributed by atoms with Gasteiger partial charge >= 0.3 is 6.09 Å². The topological polar surface area (TPSA) is 51.2 Å². The molecular weight excluding hydrogens is 386 g/mol. The Morgan fingerprint density at radius 1 is 1.00 bits per heavy atom. The minimum absolute atomic E-state index is 0.000533. The third kappa shape index (κ3) is 4.31. The van der Waals surface area contributed by atoms with Crippen LogP contribution in [0.4, 0.5) is 13.6 Å². The Morgan fingerprint density at radius 3 is 2.23 bits per heavy atom. The number of hydrogen-bond acceptors (Lipinski definition) is 3. The molecule has 0 saturated carbocycles. The van der Waals surface area contributed by atoms with Crippen LogP contribution in [0.2, 0.25) is 0 Å². The van der Waals surface area contributed by atoms with Crippen LogP contribution in [0.3, 0.4) is 0 Å². The molecule has 0 saturated heterocycles. The highest BCUT2D eigenvalue weighted by Gasteiger charge is 2.28. The summed E-state index contributed by atoms with van der Waals surface area (Å²) in [5.41, 5.74) is 4.83. The van der Waals surface area contributed by atoms with Crippen molar-refractivity contribution in [2.75, 3.05) is 13.2 Å². The van der Waals surface area contributed by atoms with Gasteiger partial charge in [0.2, 0.25) is 11.9 Å². The van der Waals surface area contributed by atoms with Crippen molar-refractivity contribution in [1.29, 1.82) is 0 Å². The fourth-order valence-electron chi connectivity index (χ4n) is 3.58. The molecule has 1 aliphatic rings. The van der Waals surface area contributed by atoms with Crippen LogP contribution < -0.4 is 5.32 Å². The zero-order valence-electron chi connectivity index (χ0n) is 16.0. The van der Waals surface area contributed by atoms with Gasteiger partial charge in [-0.05, 0) is 22.3 Å². The second kappa shape index (κ2) is 8.75. The fraction of sp³-hybridized carbons (Fsp3) is 0.167. The third-order valence-corrected chi connectivity index (χ3v) is 4.86. The summed E-state index contributed by atoms with van der Waals surface area (Å²) in [4.78, 5) is 15.1. The molecule has 0 aliphatic heterocycles. The van der Waals surface area contributed by atoms with Gasteiger partial charge in [-0.2, -0.15) is 13.8 Å². The van der Waals surface area contributed by atoms with E-state index in [1.807, 2.05) is 24.3 Å². The summed E-state index contributed by atoms with van der Waals surface area (Å²) >= 11 is 0. The van der Waals surface area contributed by atoms with Crippen LogP contribution >= 0.6 is 0 Å². The summed E-state index contributed by atoms with van der Waals surface area (Å²) in [5.74, 6) is 3.55. The monoisotopic (exact) mass is 404 g/mol. The van der Waals surface area contributed by atoms with Crippen molar-refractivity contribution in [2.45, 2.75) is 12.3 Å². The molecule has 6 heteroatoms. The van der Waals surface area contributed by atoms with Crippen molar-refractivity contribution >= 4 is 6.09 Å². The van der Waals surface area contributed by atoms with Crippen LogP contribution in [0.15, 0.2) is 60.7 Å². The Kier molecular flexibility index (Phi) is 5.71. The lowest BCUT2D eigenvalue weighted by Crippen LogP contribution is -2.26. The second-order valence-corrected chi connectivity index (χ2v) is 6.81. The Balaban J connectivity index is 1.29. The number of amides is 1. The molecule has 0 bridgehead atoms. The van der Waals surface area contributed by atoms with Crippen molar-refractivity contribution in [3.05, 3.63) is 89.2 Å². The van der Waals surface area contributed by atoms with Gasteiger partial charge in [0.15, 0.2) is 0 Å². The Hall–Kier alpha value is -3.72. The SMILES string of the molecule is O=C(NCCC#Cc1cc(F)nc(F)c1)OCC1c2ccccc2-c2ccccc21. The first-order valence-corrected chi connectivity index (χ1v) is 9.52. The van der Waals surface area contributed by atoms with Crippen LogP contribution in [0.25, 0.3) is 11.1 Å². The van der Waals surface area contributed by atoms with E-state index in [2.05, 4.69) is 46.4 Å². The first-order valence-electron chi connectivity index (χ1n) is 9.52. The van der Waals surface area contributed by atoms with E-state index < -0.39 is 18.0 Å². The van der Waals surface area contributed by atoms with Crippen LogP contribution in [0.5, 0.6) is 0 Å². The second-order valence-electron chi connectivity index (χ2n) is 6.81. The van der Waals surface area contributed by atoms with E-state index >= 15 is 0 Å². The molecule has 0 unspecified atom stereocenters. The van der Waals surface area contributed by atoms with E-state index in [1.54, 1.807) is 0 Å².